The number of nitro groups is 1. The fourth-order valence-electron chi connectivity index (χ4n) is 6.60. The zero-order valence-electron chi connectivity index (χ0n) is 37.8. The number of hydrogen-bond acceptors (Lipinski definition) is 15. The summed E-state index contributed by atoms with van der Waals surface area (Å²) < 4.78 is 22.5. The van der Waals surface area contributed by atoms with E-state index < -0.39 is 35.0 Å². The van der Waals surface area contributed by atoms with E-state index in [4.69, 9.17) is 18.9 Å². The van der Waals surface area contributed by atoms with Gasteiger partial charge in [0.1, 0.15) is 36.9 Å². The molecule has 1 heterocycles. The number of amides is 2. The van der Waals surface area contributed by atoms with Crippen LogP contribution in [0.4, 0.5) is 17.1 Å². The molecule has 18 heteroatoms. The van der Waals surface area contributed by atoms with Crippen LogP contribution in [0.2, 0.25) is 0 Å². The Morgan fingerprint density at radius 3 is 1.52 bits per heavy atom. The maximum Gasteiger partial charge on any atom is 0.336 e. The number of aliphatic hydroxyl groups is 2. The van der Waals surface area contributed by atoms with E-state index in [9.17, 15) is 39.5 Å². The van der Waals surface area contributed by atoms with Crippen LogP contribution < -0.4 is 36.1 Å². The van der Waals surface area contributed by atoms with E-state index in [2.05, 4.69) is 26.6 Å². The zero-order valence-corrected chi connectivity index (χ0v) is 37.8. The van der Waals surface area contributed by atoms with Crippen molar-refractivity contribution in [1.29, 1.82) is 0 Å². The van der Waals surface area contributed by atoms with Gasteiger partial charge in [0, 0.05) is 72.9 Å². The second-order valence-electron chi connectivity index (χ2n) is 16.2. The molecule has 0 spiro atoms. The van der Waals surface area contributed by atoms with E-state index >= 15 is 0 Å². The van der Waals surface area contributed by atoms with Crippen molar-refractivity contribution >= 4 is 40.8 Å². The molecular weight excluding hydrogens is 841 g/mol. The molecule has 0 aromatic heterocycles. The Balaban J connectivity index is 1.30. The number of carbonyl (C=O) groups is 4. The lowest BCUT2D eigenvalue weighted by Gasteiger charge is -2.30. The second-order valence-corrected chi connectivity index (χ2v) is 16.2. The Kier molecular flexibility index (Phi) is 20.4. The number of esters is 2. The second kappa shape index (κ2) is 25.8. The molecular formula is C47H62N6O12. The Morgan fingerprint density at radius 2 is 1.12 bits per heavy atom. The van der Waals surface area contributed by atoms with Crippen molar-refractivity contribution in [3.63, 3.8) is 0 Å². The van der Waals surface area contributed by atoms with Crippen molar-refractivity contribution in [3.8, 4) is 11.5 Å². The highest BCUT2D eigenvalue weighted by atomic mass is 16.6. The standard InChI is InChI=1S/C47H62N6O12/c1-29(2)48-25-37(54)27-64-39-18-14-34(15-19-39)51-41(56)12-8-22-62-46(58)43-31(5)50-32(6)44(45(43)33-10-7-11-36(24-33)53(60)61)47(59)63-23-9-13-42(57)52-35-16-20-40(21-17-35)65-28-38(55)26-49-30(3)4/h7,10-11,14-21,24,29-30,37-38,45,48-50,54-55H,8-9,12-13,22-23,25-28H2,1-6H3,(H,51,56)(H,52,57). The third-order valence-corrected chi connectivity index (χ3v) is 9.86. The highest BCUT2D eigenvalue weighted by Gasteiger charge is 2.38. The molecule has 0 aliphatic carbocycles. The van der Waals surface area contributed by atoms with Crippen LogP contribution in [0, 0.1) is 10.1 Å². The van der Waals surface area contributed by atoms with Crippen molar-refractivity contribution < 1.29 is 53.3 Å². The molecule has 352 valence electrons. The number of nitrogens with zero attached hydrogens (tertiary/aromatic N) is 1. The van der Waals surface area contributed by atoms with Crippen molar-refractivity contribution in [2.24, 2.45) is 0 Å². The lowest BCUT2D eigenvalue weighted by molar-refractivity contribution is -0.384. The summed E-state index contributed by atoms with van der Waals surface area (Å²) in [5, 5.41) is 46.8. The molecule has 0 bridgehead atoms. The van der Waals surface area contributed by atoms with Crippen LogP contribution >= 0.6 is 0 Å². The van der Waals surface area contributed by atoms with Gasteiger partial charge < -0.3 is 55.7 Å². The lowest BCUT2D eigenvalue weighted by atomic mass is 9.80. The molecule has 0 radical (unpaired) electrons. The summed E-state index contributed by atoms with van der Waals surface area (Å²) in [6, 6.07) is 19.4. The number of hydrogen-bond donors (Lipinski definition) is 7. The van der Waals surface area contributed by atoms with Gasteiger partial charge in [-0.3, -0.25) is 19.7 Å². The molecule has 3 aromatic carbocycles. The van der Waals surface area contributed by atoms with Gasteiger partial charge in [0.25, 0.3) is 5.69 Å². The first-order valence-electron chi connectivity index (χ1n) is 21.7. The van der Waals surface area contributed by atoms with Crippen molar-refractivity contribution in [2.75, 3.05) is 50.2 Å². The van der Waals surface area contributed by atoms with Crippen molar-refractivity contribution in [3.05, 3.63) is 111 Å². The largest absolute Gasteiger partial charge is 0.491 e. The van der Waals surface area contributed by atoms with Crippen LogP contribution in [0.3, 0.4) is 0 Å². The summed E-state index contributed by atoms with van der Waals surface area (Å²) in [5.74, 6) is -2.28. The summed E-state index contributed by atoms with van der Waals surface area (Å²) in [6.07, 6.45) is -0.994. The fourth-order valence-corrected chi connectivity index (χ4v) is 6.60. The highest BCUT2D eigenvalue weighted by molar-refractivity contribution is 6.00. The Hall–Kier alpha value is -6.34. The molecule has 4 rings (SSSR count). The molecule has 1 aliphatic heterocycles. The Labute approximate surface area is 379 Å². The molecule has 7 N–H and O–H groups in total. The van der Waals surface area contributed by atoms with E-state index in [-0.39, 0.29) is 98.4 Å². The topological polar surface area (TPSA) is 249 Å². The number of non-ortho nitro benzene ring substituents is 1. The average Bonchev–Trinajstić information content (AvgIpc) is 3.27. The minimum absolute atomic E-state index is 0.0177. The van der Waals surface area contributed by atoms with Crippen LogP contribution in [0.25, 0.3) is 0 Å². The van der Waals surface area contributed by atoms with Gasteiger partial charge in [-0.2, -0.15) is 0 Å². The van der Waals surface area contributed by atoms with Gasteiger partial charge in [-0.15, -0.1) is 0 Å². The summed E-state index contributed by atoms with van der Waals surface area (Å²) in [7, 11) is 0. The molecule has 2 unspecified atom stereocenters. The Bertz CT molecular complexity index is 2020. The molecule has 0 saturated carbocycles. The van der Waals surface area contributed by atoms with E-state index in [0.717, 1.165) is 0 Å². The normalized spacial score (nSPS) is 14.6. The van der Waals surface area contributed by atoms with Gasteiger partial charge in [0.05, 0.1) is 35.2 Å². The number of nitro benzene ring substituents is 1. The van der Waals surface area contributed by atoms with Crippen LogP contribution in [0.5, 0.6) is 11.5 Å². The minimum Gasteiger partial charge on any atom is -0.491 e. The first kappa shape index (κ1) is 51.3. The smallest absolute Gasteiger partial charge is 0.336 e. The number of dihydropyridines is 1. The van der Waals surface area contributed by atoms with Crippen molar-refractivity contribution in [2.45, 2.75) is 97.4 Å². The summed E-state index contributed by atoms with van der Waals surface area (Å²) in [5.41, 5.74) is 1.88. The van der Waals surface area contributed by atoms with E-state index in [1.807, 2.05) is 27.7 Å². The van der Waals surface area contributed by atoms with Gasteiger partial charge in [0.2, 0.25) is 11.8 Å². The first-order valence-corrected chi connectivity index (χ1v) is 21.7. The zero-order chi connectivity index (χ0) is 47.5. The Morgan fingerprint density at radius 1 is 0.692 bits per heavy atom. The van der Waals surface area contributed by atoms with Crippen LogP contribution in [-0.2, 0) is 28.7 Å². The summed E-state index contributed by atoms with van der Waals surface area (Å²) in [4.78, 5) is 64.3. The van der Waals surface area contributed by atoms with Gasteiger partial charge in [-0.25, -0.2) is 9.59 Å². The molecule has 0 saturated heterocycles. The average molecular weight is 903 g/mol. The summed E-state index contributed by atoms with van der Waals surface area (Å²) >= 11 is 0. The maximum atomic E-state index is 13.8. The predicted octanol–water partition coefficient (Wildman–Crippen LogP) is 5.23. The SMILES string of the molecule is CC1=C(C(=O)OCCCC(=O)Nc2ccc(OCC(O)CNC(C)C)cc2)C(c2cccc([N+](=O)[O-])c2)C(C(=O)OCCCC(=O)Nc2ccc(OCC(O)CNC(C)C)cc2)=C(C)N1. The van der Waals surface area contributed by atoms with Gasteiger partial charge in [-0.05, 0) is 80.8 Å². The van der Waals surface area contributed by atoms with Crippen molar-refractivity contribution in [1.82, 2.24) is 16.0 Å². The van der Waals surface area contributed by atoms with Gasteiger partial charge >= 0.3 is 11.9 Å². The molecule has 2 atom stereocenters. The number of nitrogens with one attached hydrogen (secondary N) is 5. The predicted molar refractivity (Wildman–Crippen MR) is 244 cm³/mol. The molecule has 1 aliphatic rings. The minimum atomic E-state index is -1.11. The number of ether oxygens (including phenoxy) is 4. The third kappa shape index (κ3) is 17.3. The molecule has 3 aromatic rings. The van der Waals surface area contributed by atoms with Crippen LogP contribution in [-0.4, -0.2) is 103 Å². The van der Waals surface area contributed by atoms with Crippen LogP contribution in [0.1, 0.15) is 78.7 Å². The molecule has 0 fully saturated rings. The van der Waals surface area contributed by atoms with Gasteiger partial charge in [0.15, 0.2) is 0 Å². The number of aliphatic hydroxyl groups excluding tert-OH is 2. The highest BCUT2D eigenvalue weighted by Crippen LogP contribution is 2.40. The lowest BCUT2D eigenvalue weighted by Crippen LogP contribution is -2.35. The van der Waals surface area contributed by atoms with Crippen LogP contribution in [0.15, 0.2) is 95.3 Å². The van der Waals surface area contributed by atoms with E-state index in [1.54, 1.807) is 68.4 Å². The quantitative estimate of drug-likeness (QED) is 0.0236. The number of carbonyl (C=O) groups excluding carboxylic acids is 4. The number of anilines is 2. The van der Waals surface area contributed by atoms with Gasteiger partial charge in [-0.1, -0.05) is 39.8 Å². The van der Waals surface area contributed by atoms with E-state index in [0.29, 0.717) is 47.4 Å². The molecule has 18 nitrogen and oxygen atoms in total. The maximum absolute atomic E-state index is 13.8. The molecule has 2 amide bonds. The third-order valence-electron chi connectivity index (χ3n) is 9.86. The molecule has 65 heavy (non-hydrogen) atoms. The summed E-state index contributed by atoms with van der Waals surface area (Å²) in [6.45, 7) is 11.9. The number of rotatable bonds is 26. The first-order chi connectivity index (χ1) is 31.0. The monoisotopic (exact) mass is 902 g/mol. The van der Waals surface area contributed by atoms with E-state index in [1.165, 1.54) is 18.2 Å². The number of benzene rings is 3. The number of allylic oxidation sites excluding steroid dienone is 2. The fraction of sp³-hybridized carbons (Fsp3) is 0.447.